The number of fused-ring (bicyclic) bond motifs is 2. The van der Waals surface area contributed by atoms with Gasteiger partial charge in [-0.3, -0.25) is 4.79 Å². The molecule has 3 heteroatoms. The van der Waals surface area contributed by atoms with Gasteiger partial charge in [-0.05, 0) is 43.1 Å². The molecule has 0 aromatic heterocycles. The zero-order chi connectivity index (χ0) is 14.7. The summed E-state index contributed by atoms with van der Waals surface area (Å²) in [6, 6.07) is 10.4. The predicted octanol–water partition coefficient (Wildman–Crippen LogP) is 2.49. The van der Waals surface area contributed by atoms with Crippen molar-refractivity contribution in [1.82, 2.24) is 10.6 Å². The highest BCUT2D eigenvalue weighted by Crippen LogP contribution is 2.44. The number of hydrogen-bond donors (Lipinski definition) is 2. The third kappa shape index (κ3) is 3.53. The summed E-state index contributed by atoms with van der Waals surface area (Å²) in [6.07, 6.45) is 7.32. The quantitative estimate of drug-likeness (QED) is 0.788. The highest BCUT2D eigenvalue weighted by atomic mass is 16.1. The molecule has 2 aliphatic carbocycles. The number of hydrogen-bond acceptors (Lipinski definition) is 2. The molecule has 0 heterocycles. The third-order valence-electron chi connectivity index (χ3n) is 4.89. The Morgan fingerprint density at radius 2 is 2.05 bits per heavy atom. The number of allylic oxidation sites excluding steroid dienone is 2. The molecule has 2 N–H and O–H groups in total. The van der Waals surface area contributed by atoms with Crippen molar-refractivity contribution < 1.29 is 4.79 Å². The average molecular weight is 284 g/mol. The largest absolute Gasteiger partial charge is 0.351 e. The van der Waals surface area contributed by atoms with Gasteiger partial charge in [-0.15, -0.1) is 0 Å². The lowest BCUT2D eigenvalue weighted by Gasteiger charge is -2.26. The van der Waals surface area contributed by atoms with Crippen molar-refractivity contribution in [1.29, 1.82) is 0 Å². The van der Waals surface area contributed by atoms with Gasteiger partial charge in [0, 0.05) is 12.6 Å². The van der Waals surface area contributed by atoms with Crippen LogP contribution in [-0.2, 0) is 11.3 Å². The first kappa shape index (κ1) is 14.3. The van der Waals surface area contributed by atoms with Gasteiger partial charge in [-0.1, -0.05) is 42.5 Å². The van der Waals surface area contributed by atoms with Crippen molar-refractivity contribution in [2.75, 3.05) is 6.54 Å². The second kappa shape index (κ2) is 6.44. The molecule has 21 heavy (non-hydrogen) atoms. The second-order valence-electron chi connectivity index (χ2n) is 6.38. The Morgan fingerprint density at radius 3 is 2.71 bits per heavy atom. The molecule has 0 spiro atoms. The van der Waals surface area contributed by atoms with Gasteiger partial charge >= 0.3 is 0 Å². The monoisotopic (exact) mass is 284 g/mol. The molecule has 1 saturated carbocycles. The normalized spacial score (nSPS) is 27.8. The van der Waals surface area contributed by atoms with Crippen LogP contribution >= 0.6 is 0 Å². The number of rotatable bonds is 6. The summed E-state index contributed by atoms with van der Waals surface area (Å²) >= 11 is 0. The molecule has 0 radical (unpaired) electrons. The van der Waals surface area contributed by atoms with E-state index in [4.69, 9.17) is 0 Å². The topological polar surface area (TPSA) is 41.1 Å². The lowest BCUT2D eigenvalue weighted by Crippen LogP contribution is -2.42. The van der Waals surface area contributed by atoms with E-state index in [0.717, 1.165) is 17.4 Å². The molecule has 1 fully saturated rings. The Kier molecular flexibility index (Phi) is 4.39. The predicted molar refractivity (Wildman–Crippen MR) is 84.6 cm³/mol. The van der Waals surface area contributed by atoms with E-state index < -0.39 is 0 Å². The molecule has 1 aromatic rings. The van der Waals surface area contributed by atoms with E-state index in [2.05, 4.69) is 29.7 Å². The Balaban J connectivity index is 1.38. The maximum atomic E-state index is 11.9. The van der Waals surface area contributed by atoms with Crippen LogP contribution in [0.4, 0.5) is 0 Å². The van der Waals surface area contributed by atoms with Crippen LogP contribution in [0.1, 0.15) is 25.3 Å². The third-order valence-corrected chi connectivity index (χ3v) is 4.89. The zero-order valence-corrected chi connectivity index (χ0v) is 12.6. The minimum atomic E-state index is 0.0735. The van der Waals surface area contributed by atoms with Crippen molar-refractivity contribution in [3.63, 3.8) is 0 Å². The molecule has 3 nitrogen and oxygen atoms in total. The van der Waals surface area contributed by atoms with E-state index in [0.29, 0.717) is 25.0 Å². The molecule has 2 bridgehead atoms. The molecule has 1 aromatic carbocycles. The molecule has 4 atom stereocenters. The molecular weight excluding hydrogens is 260 g/mol. The fourth-order valence-electron chi connectivity index (χ4n) is 3.66. The summed E-state index contributed by atoms with van der Waals surface area (Å²) in [4.78, 5) is 11.9. The SMILES string of the molecule is CC(NCC(=O)NCc1ccccc1)C1CC2C=CC1C2. The van der Waals surface area contributed by atoms with Crippen molar-refractivity contribution in [2.45, 2.75) is 32.4 Å². The second-order valence-corrected chi connectivity index (χ2v) is 6.38. The summed E-state index contributed by atoms with van der Waals surface area (Å²) in [7, 11) is 0. The fraction of sp³-hybridized carbons (Fsp3) is 0.500. The van der Waals surface area contributed by atoms with Crippen LogP contribution in [0.3, 0.4) is 0 Å². The van der Waals surface area contributed by atoms with Crippen LogP contribution in [0.15, 0.2) is 42.5 Å². The minimum Gasteiger partial charge on any atom is -0.351 e. The van der Waals surface area contributed by atoms with Gasteiger partial charge in [0.1, 0.15) is 0 Å². The highest BCUT2D eigenvalue weighted by molar-refractivity contribution is 5.78. The minimum absolute atomic E-state index is 0.0735. The van der Waals surface area contributed by atoms with Gasteiger partial charge in [-0.25, -0.2) is 0 Å². The summed E-state index contributed by atoms with van der Waals surface area (Å²) in [5.41, 5.74) is 1.14. The summed E-state index contributed by atoms with van der Waals surface area (Å²) in [5.74, 6) is 2.28. The first-order chi connectivity index (χ1) is 10.2. The standard InChI is InChI=1S/C18H24N2O/c1-13(17-10-15-7-8-16(17)9-15)19-12-18(21)20-11-14-5-3-2-4-6-14/h2-8,13,15-17,19H,9-12H2,1H3,(H,20,21). The maximum absolute atomic E-state index is 11.9. The maximum Gasteiger partial charge on any atom is 0.234 e. The molecule has 112 valence electrons. The van der Waals surface area contributed by atoms with Crippen LogP contribution in [0.25, 0.3) is 0 Å². The van der Waals surface area contributed by atoms with Crippen molar-refractivity contribution in [2.24, 2.45) is 17.8 Å². The van der Waals surface area contributed by atoms with Crippen LogP contribution < -0.4 is 10.6 Å². The Labute approximate surface area is 126 Å². The highest BCUT2D eigenvalue weighted by Gasteiger charge is 2.38. The van der Waals surface area contributed by atoms with Crippen LogP contribution in [0.2, 0.25) is 0 Å². The van der Waals surface area contributed by atoms with Gasteiger partial charge < -0.3 is 10.6 Å². The zero-order valence-electron chi connectivity index (χ0n) is 12.6. The molecule has 2 aliphatic rings. The first-order valence-corrected chi connectivity index (χ1v) is 7.94. The lowest BCUT2D eigenvalue weighted by atomic mass is 9.87. The van der Waals surface area contributed by atoms with Crippen LogP contribution in [0, 0.1) is 17.8 Å². The average Bonchev–Trinajstić information content (AvgIpc) is 3.14. The smallest absolute Gasteiger partial charge is 0.234 e. The number of carbonyl (C=O) groups excluding carboxylic acids is 1. The van der Waals surface area contributed by atoms with Crippen molar-refractivity contribution >= 4 is 5.91 Å². The lowest BCUT2D eigenvalue weighted by molar-refractivity contribution is -0.120. The summed E-state index contributed by atoms with van der Waals surface area (Å²) in [5, 5.41) is 6.36. The van der Waals surface area contributed by atoms with Gasteiger partial charge in [0.25, 0.3) is 0 Å². The van der Waals surface area contributed by atoms with E-state index in [1.807, 2.05) is 30.3 Å². The fourth-order valence-corrected chi connectivity index (χ4v) is 3.66. The van der Waals surface area contributed by atoms with E-state index in [-0.39, 0.29) is 5.91 Å². The van der Waals surface area contributed by atoms with Gasteiger partial charge in [-0.2, -0.15) is 0 Å². The molecule has 0 aliphatic heterocycles. The van der Waals surface area contributed by atoms with Gasteiger partial charge in [0.15, 0.2) is 0 Å². The number of amides is 1. The van der Waals surface area contributed by atoms with E-state index in [1.165, 1.54) is 12.8 Å². The van der Waals surface area contributed by atoms with Gasteiger partial charge in [0.2, 0.25) is 5.91 Å². The summed E-state index contributed by atoms with van der Waals surface area (Å²) < 4.78 is 0. The Bertz CT molecular complexity index is 511. The number of benzene rings is 1. The van der Waals surface area contributed by atoms with Crippen molar-refractivity contribution in [3.8, 4) is 0 Å². The van der Waals surface area contributed by atoms with E-state index in [1.54, 1.807) is 0 Å². The molecule has 4 unspecified atom stereocenters. The number of nitrogens with one attached hydrogen (secondary N) is 2. The van der Waals surface area contributed by atoms with E-state index >= 15 is 0 Å². The Hall–Kier alpha value is -1.61. The van der Waals surface area contributed by atoms with Crippen LogP contribution in [0.5, 0.6) is 0 Å². The molecule has 3 rings (SSSR count). The van der Waals surface area contributed by atoms with Crippen molar-refractivity contribution in [3.05, 3.63) is 48.0 Å². The molecule has 0 saturated heterocycles. The summed E-state index contributed by atoms with van der Waals surface area (Å²) in [6.45, 7) is 3.22. The van der Waals surface area contributed by atoms with E-state index in [9.17, 15) is 4.79 Å². The van der Waals surface area contributed by atoms with Gasteiger partial charge in [0.05, 0.1) is 6.54 Å². The molecule has 1 amide bonds. The Morgan fingerprint density at radius 1 is 1.24 bits per heavy atom. The number of carbonyl (C=O) groups is 1. The van der Waals surface area contributed by atoms with Crippen LogP contribution in [-0.4, -0.2) is 18.5 Å². The molecular formula is C18H24N2O. The first-order valence-electron chi connectivity index (χ1n) is 7.94.